The minimum atomic E-state index is -0.637. The van der Waals surface area contributed by atoms with Crippen LogP contribution in [0.3, 0.4) is 0 Å². The first kappa shape index (κ1) is 21.5. The largest absolute Gasteiger partial charge is 0.438 e. The number of nitrogens with zero attached hydrogens (tertiary/aromatic N) is 6. The summed E-state index contributed by atoms with van der Waals surface area (Å²) in [6, 6.07) is 7.52. The number of rotatable bonds is 5. The van der Waals surface area contributed by atoms with Gasteiger partial charge in [0.25, 0.3) is 5.91 Å². The third-order valence-corrected chi connectivity index (χ3v) is 6.44. The van der Waals surface area contributed by atoms with E-state index in [1.54, 1.807) is 28.0 Å². The summed E-state index contributed by atoms with van der Waals surface area (Å²) in [5.74, 6) is -0.284. The second-order valence-electron chi connectivity index (χ2n) is 9.06. The molecule has 0 radical (unpaired) electrons. The Balaban J connectivity index is 1.38. The molecule has 1 aliphatic rings. The Labute approximate surface area is 200 Å². The van der Waals surface area contributed by atoms with Crippen LogP contribution < -0.4 is 0 Å². The van der Waals surface area contributed by atoms with Gasteiger partial charge in [0.1, 0.15) is 11.3 Å². The van der Waals surface area contributed by atoms with Gasteiger partial charge in [0.05, 0.1) is 29.3 Å². The number of hydrogen-bond acceptors (Lipinski definition) is 6. The van der Waals surface area contributed by atoms with Gasteiger partial charge >= 0.3 is 0 Å². The van der Waals surface area contributed by atoms with E-state index in [0.717, 1.165) is 29.7 Å². The van der Waals surface area contributed by atoms with Gasteiger partial charge in [0, 0.05) is 37.5 Å². The van der Waals surface area contributed by atoms with Crippen molar-refractivity contribution in [3.05, 3.63) is 83.3 Å². The lowest BCUT2D eigenvalue weighted by Gasteiger charge is -2.32. The molecule has 1 atom stereocenters. The van der Waals surface area contributed by atoms with E-state index in [0.29, 0.717) is 41.2 Å². The molecule has 10 heteroatoms. The maximum atomic E-state index is 13.9. The molecule has 5 aromatic rings. The Kier molecular flexibility index (Phi) is 5.10. The van der Waals surface area contributed by atoms with E-state index in [1.165, 1.54) is 12.1 Å². The van der Waals surface area contributed by atoms with Gasteiger partial charge in [-0.25, -0.2) is 18.9 Å². The monoisotopic (exact) mass is 473 g/mol. The van der Waals surface area contributed by atoms with E-state index in [1.807, 2.05) is 32.4 Å². The first-order valence-corrected chi connectivity index (χ1v) is 11.5. The molecule has 0 saturated carbocycles. The summed E-state index contributed by atoms with van der Waals surface area (Å²) >= 11 is 0. The molecule has 9 nitrogen and oxygen atoms in total. The minimum Gasteiger partial charge on any atom is -0.438 e. The molecule has 0 bridgehead atoms. The Hall–Kier alpha value is -4.05. The molecule has 0 aliphatic carbocycles. The van der Waals surface area contributed by atoms with Crippen LogP contribution in [0.2, 0.25) is 0 Å². The fourth-order valence-corrected chi connectivity index (χ4v) is 4.63. The number of halogens is 1. The smallest absolute Gasteiger partial charge is 0.258 e. The quantitative estimate of drug-likeness (QED) is 0.421. The molecular weight excluding hydrogens is 449 g/mol. The summed E-state index contributed by atoms with van der Waals surface area (Å²) in [6.07, 6.45) is 6.69. The van der Waals surface area contributed by atoms with Crippen LogP contribution in [0.4, 0.5) is 4.39 Å². The highest BCUT2D eigenvalue weighted by atomic mass is 19.1. The van der Waals surface area contributed by atoms with Gasteiger partial charge in [-0.3, -0.25) is 4.79 Å². The maximum Gasteiger partial charge on any atom is 0.258 e. The number of amides is 1. The second kappa shape index (κ2) is 8.31. The van der Waals surface area contributed by atoms with E-state index in [-0.39, 0.29) is 5.91 Å². The fraction of sp³-hybridized carbons (Fsp3) is 0.280. The summed E-state index contributed by atoms with van der Waals surface area (Å²) in [6.45, 7) is 1.37. The van der Waals surface area contributed by atoms with E-state index >= 15 is 0 Å². The standard InChI is InChI=1S/C25H24FN7O2/c1-31(2)9-7-15-3-5-20-17(12-29-33(20)13-15)25(34)32-10-8-18-22(28-14-27-18)23(32)24-30-19-11-16(26)4-6-21(19)35-24/h3-6,11-14,23H,7-10H2,1-2H3,(H,27,28)/t23-/m0/s1. The average molecular weight is 474 g/mol. The Morgan fingerprint density at radius 1 is 1.29 bits per heavy atom. The van der Waals surface area contributed by atoms with Crippen molar-refractivity contribution in [3.8, 4) is 0 Å². The summed E-state index contributed by atoms with van der Waals surface area (Å²) in [5, 5.41) is 4.45. The summed E-state index contributed by atoms with van der Waals surface area (Å²) in [5.41, 5.74) is 4.83. The fourth-order valence-electron chi connectivity index (χ4n) is 4.63. The van der Waals surface area contributed by atoms with Crippen molar-refractivity contribution in [2.45, 2.75) is 18.9 Å². The molecule has 178 valence electrons. The van der Waals surface area contributed by atoms with Gasteiger partial charge in [-0.15, -0.1) is 0 Å². The summed E-state index contributed by atoms with van der Waals surface area (Å²) in [7, 11) is 4.08. The first-order valence-electron chi connectivity index (χ1n) is 11.5. The number of carbonyl (C=O) groups excluding carboxylic acids is 1. The minimum absolute atomic E-state index is 0.187. The van der Waals surface area contributed by atoms with E-state index < -0.39 is 11.9 Å². The molecule has 0 unspecified atom stereocenters. The van der Waals surface area contributed by atoms with Crippen molar-refractivity contribution >= 4 is 22.5 Å². The Morgan fingerprint density at radius 2 is 2.17 bits per heavy atom. The van der Waals surface area contributed by atoms with E-state index in [4.69, 9.17) is 4.42 Å². The lowest BCUT2D eigenvalue weighted by atomic mass is 10.0. The lowest BCUT2D eigenvalue weighted by molar-refractivity contribution is 0.0669. The molecule has 0 spiro atoms. The third-order valence-electron chi connectivity index (χ3n) is 6.44. The number of H-pyrrole nitrogens is 1. The topological polar surface area (TPSA) is 95.6 Å². The van der Waals surface area contributed by atoms with Crippen LogP contribution in [-0.4, -0.2) is 67.5 Å². The van der Waals surface area contributed by atoms with Crippen LogP contribution in [0, 0.1) is 5.82 Å². The molecule has 0 saturated heterocycles. The van der Waals surface area contributed by atoms with Gasteiger partial charge in [0.2, 0.25) is 5.89 Å². The zero-order valence-corrected chi connectivity index (χ0v) is 19.4. The highest BCUT2D eigenvalue weighted by Gasteiger charge is 2.38. The van der Waals surface area contributed by atoms with Crippen LogP contribution >= 0.6 is 0 Å². The maximum absolute atomic E-state index is 13.9. The molecule has 1 N–H and O–H groups in total. The molecule has 1 aliphatic heterocycles. The second-order valence-corrected chi connectivity index (χ2v) is 9.06. The number of oxazole rings is 1. The zero-order chi connectivity index (χ0) is 24.1. The number of nitrogens with one attached hydrogen (secondary N) is 1. The van der Waals surface area contributed by atoms with Gasteiger partial charge < -0.3 is 19.2 Å². The van der Waals surface area contributed by atoms with Crippen molar-refractivity contribution in [2.75, 3.05) is 27.2 Å². The van der Waals surface area contributed by atoms with Crippen molar-refractivity contribution in [2.24, 2.45) is 0 Å². The predicted octanol–water partition coefficient (Wildman–Crippen LogP) is 3.23. The average Bonchev–Trinajstić information content (AvgIpc) is 3.58. The number of aromatic nitrogens is 5. The molecule has 6 rings (SSSR count). The molecule has 35 heavy (non-hydrogen) atoms. The third kappa shape index (κ3) is 3.75. The number of benzene rings is 1. The number of pyridine rings is 1. The number of carbonyl (C=O) groups is 1. The summed E-state index contributed by atoms with van der Waals surface area (Å²) < 4.78 is 21.5. The Bertz CT molecular complexity index is 1550. The van der Waals surface area contributed by atoms with Crippen molar-refractivity contribution in [1.82, 2.24) is 34.4 Å². The van der Waals surface area contributed by atoms with Crippen LogP contribution in [0.5, 0.6) is 0 Å². The molecular formula is C25H24FN7O2. The lowest BCUT2D eigenvalue weighted by Crippen LogP contribution is -2.40. The van der Waals surface area contributed by atoms with Crippen LogP contribution in [-0.2, 0) is 12.8 Å². The predicted molar refractivity (Wildman–Crippen MR) is 127 cm³/mol. The van der Waals surface area contributed by atoms with Gasteiger partial charge in [-0.05, 0) is 44.3 Å². The SMILES string of the molecule is CN(C)CCc1ccc2c(C(=O)N3CCc4[nH]cnc4[C@H]3c3nc4cc(F)ccc4o3)cnn2c1. The Morgan fingerprint density at radius 3 is 3.03 bits per heavy atom. The van der Waals surface area contributed by atoms with Gasteiger partial charge in [0.15, 0.2) is 11.6 Å². The molecule has 5 heterocycles. The van der Waals surface area contributed by atoms with Crippen LogP contribution in [0.15, 0.2) is 53.5 Å². The number of likely N-dealkylation sites (N-methyl/N-ethyl adjacent to an activating group) is 1. The number of imidazole rings is 1. The molecule has 1 amide bonds. The van der Waals surface area contributed by atoms with Crippen molar-refractivity contribution in [1.29, 1.82) is 0 Å². The number of aromatic amines is 1. The highest BCUT2D eigenvalue weighted by molar-refractivity contribution is 6.01. The van der Waals surface area contributed by atoms with Crippen LogP contribution in [0.25, 0.3) is 16.6 Å². The van der Waals surface area contributed by atoms with Gasteiger partial charge in [-0.1, -0.05) is 6.07 Å². The molecule has 0 fully saturated rings. The van der Waals surface area contributed by atoms with E-state index in [2.05, 4.69) is 25.0 Å². The number of hydrogen-bond donors (Lipinski definition) is 1. The van der Waals surface area contributed by atoms with Crippen molar-refractivity contribution < 1.29 is 13.6 Å². The van der Waals surface area contributed by atoms with Crippen molar-refractivity contribution in [3.63, 3.8) is 0 Å². The zero-order valence-electron chi connectivity index (χ0n) is 19.4. The first-order chi connectivity index (χ1) is 17.0. The van der Waals surface area contributed by atoms with Gasteiger partial charge in [-0.2, -0.15) is 5.10 Å². The molecule has 4 aromatic heterocycles. The van der Waals surface area contributed by atoms with E-state index in [9.17, 15) is 9.18 Å². The number of fused-ring (bicyclic) bond motifs is 3. The summed E-state index contributed by atoms with van der Waals surface area (Å²) in [4.78, 5) is 29.8. The highest BCUT2D eigenvalue weighted by Crippen LogP contribution is 2.36. The molecule has 1 aromatic carbocycles. The van der Waals surface area contributed by atoms with Crippen LogP contribution in [0.1, 0.15) is 39.2 Å². The normalized spacial score (nSPS) is 15.9.